The molecule has 1 aromatic heterocycles. The average molecular weight is 203 g/mol. The molecule has 3 N–H and O–H groups in total. The highest BCUT2D eigenvalue weighted by Gasteiger charge is 1.96. The van der Waals surface area contributed by atoms with Crippen LogP contribution in [0.25, 0.3) is 0 Å². The Balaban J connectivity index is 1.96. The van der Waals surface area contributed by atoms with Gasteiger partial charge in [0.2, 0.25) is 0 Å². The Morgan fingerprint density at radius 1 is 1.33 bits per heavy atom. The predicted molar refractivity (Wildman–Crippen MR) is 58.8 cm³/mol. The number of benzene rings is 1. The minimum absolute atomic E-state index is 0.276. The number of aromatic hydroxyl groups is 1. The van der Waals surface area contributed by atoms with Gasteiger partial charge < -0.3 is 15.4 Å². The predicted octanol–water partition coefficient (Wildman–Crippen LogP) is 2.04. The van der Waals surface area contributed by atoms with Gasteiger partial charge in [-0.3, -0.25) is 0 Å². The lowest BCUT2D eigenvalue weighted by molar-refractivity contribution is 0.475. The number of rotatable bonds is 3. The van der Waals surface area contributed by atoms with Gasteiger partial charge in [0.25, 0.3) is 0 Å². The van der Waals surface area contributed by atoms with Crippen molar-refractivity contribution in [1.82, 2.24) is 9.97 Å². The van der Waals surface area contributed by atoms with Crippen LogP contribution in [0.1, 0.15) is 11.5 Å². The summed E-state index contributed by atoms with van der Waals surface area (Å²) in [5.74, 6) is 1.19. The van der Waals surface area contributed by atoms with Crippen molar-refractivity contribution in [2.75, 3.05) is 5.32 Å². The molecule has 2 aromatic rings. The highest BCUT2D eigenvalue weighted by molar-refractivity contribution is 5.46. The van der Waals surface area contributed by atoms with E-state index in [0.29, 0.717) is 6.54 Å². The first kappa shape index (κ1) is 9.58. The number of hydrogen-bond donors (Lipinski definition) is 3. The van der Waals surface area contributed by atoms with Gasteiger partial charge in [0.1, 0.15) is 11.6 Å². The van der Waals surface area contributed by atoms with E-state index in [0.717, 1.165) is 17.2 Å². The van der Waals surface area contributed by atoms with Gasteiger partial charge in [-0.1, -0.05) is 0 Å². The largest absolute Gasteiger partial charge is 0.508 e. The Bertz CT molecular complexity index is 433. The number of nitrogens with zero attached hydrogens (tertiary/aromatic N) is 1. The third-order valence-corrected chi connectivity index (χ3v) is 2.11. The van der Waals surface area contributed by atoms with Gasteiger partial charge in [-0.2, -0.15) is 0 Å². The van der Waals surface area contributed by atoms with E-state index >= 15 is 0 Å². The van der Waals surface area contributed by atoms with Crippen LogP contribution in [0.3, 0.4) is 0 Å². The van der Waals surface area contributed by atoms with Crippen molar-refractivity contribution in [2.24, 2.45) is 0 Å². The molecule has 4 nitrogen and oxygen atoms in total. The Kier molecular flexibility index (Phi) is 2.58. The molecular weight excluding hydrogens is 190 g/mol. The van der Waals surface area contributed by atoms with Crippen molar-refractivity contribution in [1.29, 1.82) is 0 Å². The van der Waals surface area contributed by atoms with Gasteiger partial charge in [0, 0.05) is 5.69 Å². The molecule has 4 heteroatoms. The lowest BCUT2D eigenvalue weighted by atomic mass is 10.3. The number of hydrogen-bond acceptors (Lipinski definition) is 3. The van der Waals surface area contributed by atoms with Gasteiger partial charge in [-0.15, -0.1) is 0 Å². The monoisotopic (exact) mass is 203 g/mol. The van der Waals surface area contributed by atoms with Crippen LogP contribution in [0.2, 0.25) is 0 Å². The second kappa shape index (κ2) is 4.04. The molecule has 15 heavy (non-hydrogen) atoms. The van der Waals surface area contributed by atoms with E-state index in [4.69, 9.17) is 5.11 Å². The van der Waals surface area contributed by atoms with Crippen LogP contribution in [-0.2, 0) is 6.54 Å². The van der Waals surface area contributed by atoms with Crippen LogP contribution in [0.15, 0.2) is 30.5 Å². The summed E-state index contributed by atoms with van der Waals surface area (Å²) in [5, 5.41) is 12.3. The van der Waals surface area contributed by atoms with Crippen LogP contribution in [0, 0.1) is 6.92 Å². The molecule has 0 fully saturated rings. The summed E-state index contributed by atoms with van der Waals surface area (Å²) in [4.78, 5) is 7.24. The first-order chi connectivity index (χ1) is 7.24. The molecule has 2 rings (SSSR count). The van der Waals surface area contributed by atoms with Gasteiger partial charge in [0.05, 0.1) is 18.4 Å². The van der Waals surface area contributed by atoms with Gasteiger partial charge in [-0.25, -0.2) is 4.98 Å². The van der Waals surface area contributed by atoms with Crippen molar-refractivity contribution in [3.63, 3.8) is 0 Å². The maximum Gasteiger partial charge on any atom is 0.115 e. The lowest BCUT2D eigenvalue weighted by Crippen LogP contribution is -1.99. The van der Waals surface area contributed by atoms with E-state index < -0.39 is 0 Å². The Morgan fingerprint density at radius 3 is 2.67 bits per heavy atom. The fourth-order valence-corrected chi connectivity index (χ4v) is 1.34. The molecule has 0 saturated heterocycles. The molecule has 1 heterocycles. The quantitative estimate of drug-likeness (QED) is 0.669. The summed E-state index contributed by atoms with van der Waals surface area (Å²) < 4.78 is 0. The van der Waals surface area contributed by atoms with Gasteiger partial charge in [0.15, 0.2) is 0 Å². The highest BCUT2D eigenvalue weighted by atomic mass is 16.3. The number of imidazole rings is 1. The van der Waals surface area contributed by atoms with E-state index in [-0.39, 0.29) is 5.75 Å². The normalized spacial score (nSPS) is 10.2. The summed E-state index contributed by atoms with van der Waals surface area (Å²) in [7, 11) is 0. The van der Waals surface area contributed by atoms with E-state index in [1.54, 1.807) is 12.1 Å². The molecular formula is C11H13N3O. The number of phenols is 1. The standard InChI is InChI=1S/C11H13N3O/c1-8-12-6-10(14-8)7-13-9-2-4-11(15)5-3-9/h2-6,13,15H,7H2,1H3,(H,12,14). The number of nitrogens with one attached hydrogen (secondary N) is 2. The molecule has 0 aliphatic heterocycles. The zero-order chi connectivity index (χ0) is 10.7. The molecule has 0 radical (unpaired) electrons. The first-order valence-electron chi connectivity index (χ1n) is 4.77. The smallest absolute Gasteiger partial charge is 0.115 e. The van der Waals surface area contributed by atoms with Crippen LogP contribution in [0.4, 0.5) is 5.69 Å². The zero-order valence-electron chi connectivity index (χ0n) is 8.49. The molecule has 0 aliphatic carbocycles. The molecule has 0 aliphatic rings. The average Bonchev–Trinajstić information content (AvgIpc) is 2.64. The molecule has 0 amide bonds. The third-order valence-electron chi connectivity index (χ3n) is 2.11. The second-order valence-corrected chi connectivity index (χ2v) is 3.39. The summed E-state index contributed by atoms with van der Waals surface area (Å²) in [6, 6.07) is 6.97. The fraction of sp³-hybridized carbons (Fsp3) is 0.182. The minimum atomic E-state index is 0.276. The summed E-state index contributed by atoms with van der Waals surface area (Å²) in [6.07, 6.45) is 1.81. The third kappa shape index (κ3) is 2.49. The highest BCUT2D eigenvalue weighted by Crippen LogP contribution is 2.14. The number of aromatic nitrogens is 2. The van der Waals surface area contributed by atoms with Crippen molar-refractivity contribution in [2.45, 2.75) is 13.5 Å². The number of aryl methyl sites for hydroxylation is 1. The molecule has 0 unspecified atom stereocenters. The summed E-state index contributed by atoms with van der Waals surface area (Å²) >= 11 is 0. The minimum Gasteiger partial charge on any atom is -0.508 e. The molecule has 1 aromatic carbocycles. The van der Waals surface area contributed by atoms with Gasteiger partial charge in [-0.05, 0) is 31.2 Å². The first-order valence-corrected chi connectivity index (χ1v) is 4.77. The van der Waals surface area contributed by atoms with Crippen molar-refractivity contribution < 1.29 is 5.11 Å². The molecule has 0 bridgehead atoms. The van der Waals surface area contributed by atoms with E-state index in [9.17, 15) is 0 Å². The summed E-state index contributed by atoms with van der Waals surface area (Å²) in [6.45, 7) is 2.62. The Hall–Kier alpha value is -1.97. The van der Waals surface area contributed by atoms with Crippen molar-refractivity contribution in [3.05, 3.63) is 42.0 Å². The number of anilines is 1. The van der Waals surface area contributed by atoms with Crippen LogP contribution < -0.4 is 5.32 Å². The Labute approximate surface area is 88.0 Å². The maximum absolute atomic E-state index is 9.10. The molecule has 0 atom stereocenters. The summed E-state index contributed by atoms with van der Waals surface area (Å²) in [5.41, 5.74) is 2.01. The number of phenolic OH excluding ortho intramolecular Hbond substituents is 1. The topological polar surface area (TPSA) is 60.9 Å². The number of aromatic amines is 1. The lowest BCUT2D eigenvalue weighted by Gasteiger charge is -2.04. The van der Waals surface area contributed by atoms with Crippen LogP contribution in [-0.4, -0.2) is 15.1 Å². The van der Waals surface area contributed by atoms with Crippen molar-refractivity contribution >= 4 is 5.69 Å². The maximum atomic E-state index is 9.10. The SMILES string of the molecule is Cc1ncc(CNc2ccc(O)cc2)[nH]1. The fourth-order valence-electron chi connectivity index (χ4n) is 1.34. The van der Waals surface area contributed by atoms with Gasteiger partial charge >= 0.3 is 0 Å². The molecule has 0 spiro atoms. The molecule has 0 saturated carbocycles. The Morgan fingerprint density at radius 2 is 2.07 bits per heavy atom. The van der Waals surface area contributed by atoms with Crippen LogP contribution in [0.5, 0.6) is 5.75 Å². The van der Waals surface area contributed by atoms with Crippen LogP contribution >= 0.6 is 0 Å². The van der Waals surface area contributed by atoms with E-state index in [2.05, 4.69) is 15.3 Å². The second-order valence-electron chi connectivity index (χ2n) is 3.39. The van der Waals surface area contributed by atoms with E-state index in [1.165, 1.54) is 0 Å². The number of H-pyrrole nitrogens is 1. The molecule has 78 valence electrons. The van der Waals surface area contributed by atoms with E-state index in [1.807, 2.05) is 25.3 Å². The zero-order valence-corrected chi connectivity index (χ0v) is 8.49. The van der Waals surface area contributed by atoms with Crippen molar-refractivity contribution in [3.8, 4) is 5.75 Å².